The summed E-state index contributed by atoms with van der Waals surface area (Å²) in [6, 6.07) is 0. The van der Waals surface area contributed by atoms with Crippen LogP contribution in [-0.2, 0) is 11.3 Å². The van der Waals surface area contributed by atoms with Crippen molar-refractivity contribution in [2.75, 3.05) is 13.1 Å². The zero-order valence-corrected chi connectivity index (χ0v) is 11.7. The molecule has 0 spiro atoms. The third kappa shape index (κ3) is 3.09. The molecule has 5 heteroatoms. The van der Waals surface area contributed by atoms with Gasteiger partial charge in [-0.25, -0.2) is 4.98 Å². The molecule has 0 aliphatic carbocycles. The highest BCUT2D eigenvalue weighted by Gasteiger charge is 2.38. The SMILES string of the molecule is CCCC1(C(=O)NCc2cscn2)CCNCC1. The van der Waals surface area contributed by atoms with Crippen molar-refractivity contribution < 1.29 is 4.79 Å². The van der Waals surface area contributed by atoms with E-state index in [4.69, 9.17) is 0 Å². The minimum atomic E-state index is -0.157. The van der Waals surface area contributed by atoms with E-state index in [1.54, 1.807) is 16.8 Å². The van der Waals surface area contributed by atoms with Crippen LogP contribution in [0.15, 0.2) is 10.9 Å². The maximum Gasteiger partial charge on any atom is 0.226 e. The highest BCUT2D eigenvalue weighted by molar-refractivity contribution is 7.07. The van der Waals surface area contributed by atoms with Gasteiger partial charge in [-0.3, -0.25) is 4.79 Å². The quantitative estimate of drug-likeness (QED) is 0.857. The van der Waals surface area contributed by atoms with E-state index in [0.717, 1.165) is 44.5 Å². The fraction of sp³-hybridized carbons (Fsp3) is 0.692. The molecule has 1 fully saturated rings. The van der Waals surface area contributed by atoms with E-state index in [1.165, 1.54) is 0 Å². The van der Waals surface area contributed by atoms with Crippen LogP contribution in [0.4, 0.5) is 0 Å². The summed E-state index contributed by atoms with van der Waals surface area (Å²) in [6.07, 6.45) is 3.94. The Morgan fingerprint density at radius 2 is 2.33 bits per heavy atom. The number of hydrogen-bond donors (Lipinski definition) is 2. The van der Waals surface area contributed by atoms with E-state index in [-0.39, 0.29) is 11.3 Å². The predicted octanol–water partition coefficient (Wildman–Crippen LogP) is 1.93. The van der Waals surface area contributed by atoms with E-state index < -0.39 is 0 Å². The van der Waals surface area contributed by atoms with E-state index in [1.807, 2.05) is 5.38 Å². The van der Waals surface area contributed by atoms with Gasteiger partial charge in [0, 0.05) is 5.38 Å². The molecule has 4 nitrogen and oxygen atoms in total. The van der Waals surface area contributed by atoms with Crippen molar-refractivity contribution in [3.05, 3.63) is 16.6 Å². The van der Waals surface area contributed by atoms with Gasteiger partial charge >= 0.3 is 0 Å². The van der Waals surface area contributed by atoms with Crippen molar-refractivity contribution in [2.24, 2.45) is 5.41 Å². The molecule has 2 N–H and O–H groups in total. The van der Waals surface area contributed by atoms with Gasteiger partial charge in [0.2, 0.25) is 5.91 Å². The first kappa shape index (κ1) is 13.5. The van der Waals surface area contributed by atoms with Gasteiger partial charge in [0.25, 0.3) is 0 Å². The number of nitrogens with one attached hydrogen (secondary N) is 2. The van der Waals surface area contributed by atoms with Gasteiger partial charge in [0.15, 0.2) is 0 Å². The normalized spacial score (nSPS) is 18.5. The first-order chi connectivity index (χ1) is 8.77. The first-order valence-electron chi connectivity index (χ1n) is 6.63. The third-order valence-corrected chi connectivity index (χ3v) is 4.32. The summed E-state index contributed by atoms with van der Waals surface area (Å²) in [5.41, 5.74) is 2.60. The number of hydrogen-bond acceptors (Lipinski definition) is 4. The van der Waals surface area contributed by atoms with Crippen LogP contribution in [0.2, 0.25) is 0 Å². The molecule has 0 saturated carbocycles. The molecule has 1 aromatic heterocycles. The van der Waals surface area contributed by atoms with Crippen LogP contribution in [0, 0.1) is 5.41 Å². The second-order valence-corrected chi connectivity index (χ2v) is 5.66. The second-order valence-electron chi connectivity index (χ2n) is 4.94. The highest BCUT2D eigenvalue weighted by atomic mass is 32.1. The van der Waals surface area contributed by atoms with Gasteiger partial charge in [0.1, 0.15) is 0 Å². The van der Waals surface area contributed by atoms with E-state index >= 15 is 0 Å². The summed E-state index contributed by atoms with van der Waals surface area (Å²) < 4.78 is 0. The Bertz CT molecular complexity index is 366. The Hall–Kier alpha value is -0.940. The molecule has 0 aromatic carbocycles. The first-order valence-corrected chi connectivity index (χ1v) is 7.57. The van der Waals surface area contributed by atoms with Crippen LogP contribution >= 0.6 is 11.3 Å². The summed E-state index contributed by atoms with van der Waals surface area (Å²) in [4.78, 5) is 16.6. The van der Waals surface area contributed by atoms with Crippen LogP contribution in [-0.4, -0.2) is 24.0 Å². The number of amides is 1. The Morgan fingerprint density at radius 1 is 1.56 bits per heavy atom. The molecule has 1 aliphatic rings. The van der Waals surface area contributed by atoms with E-state index in [2.05, 4.69) is 22.5 Å². The van der Waals surface area contributed by atoms with Gasteiger partial charge < -0.3 is 10.6 Å². The number of carbonyl (C=O) groups excluding carboxylic acids is 1. The van der Waals surface area contributed by atoms with Crippen molar-refractivity contribution in [1.82, 2.24) is 15.6 Å². The fourth-order valence-electron chi connectivity index (χ4n) is 2.66. The Balaban J connectivity index is 1.95. The molecule has 0 bridgehead atoms. The number of nitrogens with zero attached hydrogens (tertiary/aromatic N) is 1. The number of aromatic nitrogens is 1. The molecule has 0 unspecified atom stereocenters. The lowest BCUT2D eigenvalue weighted by molar-refractivity contribution is -0.133. The number of piperidine rings is 1. The van der Waals surface area contributed by atoms with Gasteiger partial charge in [-0.05, 0) is 32.4 Å². The molecular formula is C13H21N3OS. The van der Waals surface area contributed by atoms with Gasteiger partial charge in [-0.2, -0.15) is 0 Å². The predicted molar refractivity (Wildman–Crippen MR) is 73.4 cm³/mol. The average molecular weight is 267 g/mol. The fourth-order valence-corrected chi connectivity index (χ4v) is 3.22. The molecule has 1 aromatic rings. The van der Waals surface area contributed by atoms with Crippen molar-refractivity contribution in [3.8, 4) is 0 Å². The molecule has 1 saturated heterocycles. The van der Waals surface area contributed by atoms with Crippen molar-refractivity contribution in [2.45, 2.75) is 39.2 Å². The molecule has 2 heterocycles. The minimum Gasteiger partial charge on any atom is -0.350 e. The summed E-state index contributed by atoms with van der Waals surface area (Å²) in [7, 11) is 0. The molecule has 1 amide bonds. The minimum absolute atomic E-state index is 0.157. The average Bonchev–Trinajstić information content (AvgIpc) is 2.90. The Morgan fingerprint density at radius 3 is 2.94 bits per heavy atom. The summed E-state index contributed by atoms with van der Waals surface area (Å²) in [5.74, 6) is 0.207. The van der Waals surface area contributed by atoms with Crippen LogP contribution in [0.3, 0.4) is 0 Å². The smallest absolute Gasteiger partial charge is 0.226 e. The lowest BCUT2D eigenvalue weighted by Crippen LogP contribution is -2.47. The van der Waals surface area contributed by atoms with Crippen LogP contribution in [0.5, 0.6) is 0 Å². The maximum atomic E-state index is 12.4. The zero-order chi connectivity index (χ0) is 12.8. The molecule has 1 aliphatic heterocycles. The molecule has 100 valence electrons. The maximum absolute atomic E-state index is 12.4. The Kier molecular flexibility index (Phi) is 4.72. The van der Waals surface area contributed by atoms with E-state index in [9.17, 15) is 4.79 Å². The summed E-state index contributed by atoms with van der Waals surface area (Å²) in [5, 5.41) is 8.37. The van der Waals surface area contributed by atoms with Crippen LogP contribution in [0.25, 0.3) is 0 Å². The van der Waals surface area contributed by atoms with Crippen molar-refractivity contribution in [3.63, 3.8) is 0 Å². The zero-order valence-electron chi connectivity index (χ0n) is 10.9. The topological polar surface area (TPSA) is 54.0 Å². The molecular weight excluding hydrogens is 246 g/mol. The van der Waals surface area contributed by atoms with Crippen LogP contribution in [0.1, 0.15) is 38.3 Å². The number of thiazole rings is 1. The molecule has 18 heavy (non-hydrogen) atoms. The number of rotatable bonds is 5. The second kappa shape index (κ2) is 6.29. The van der Waals surface area contributed by atoms with Gasteiger partial charge in [-0.1, -0.05) is 13.3 Å². The van der Waals surface area contributed by atoms with Crippen molar-refractivity contribution >= 4 is 17.2 Å². The van der Waals surface area contributed by atoms with Gasteiger partial charge in [-0.15, -0.1) is 11.3 Å². The summed E-state index contributed by atoms with van der Waals surface area (Å²) >= 11 is 1.56. The summed E-state index contributed by atoms with van der Waals surface area (Å²) in [6.45, 7) is 4.60. The monoisotopic (exact) mass is 267 g/mol. The van der Waals surface area contributed by atoms with Gasteiger partial charge in [0.05, 0.1) is 23.2 Å². The van der Waals surface area contributed by atoms with Crippen LogP contribution < -0.4 is 10.6 Å². The standard InChI is InChI=1S/C13H21N3OS/c1-2-3-13(4-6-14-7-5-13)12(17)15-8-11-9-18-10-16-11/h9-10,14H,2-8H2,1H3,(H,15,17). The third-order valence-electron chi connectivity index (χ3n) is 3.68. The molecule has 0 atom stereocenters. The molecule has 2 rings (SSSR count). The highest BCUT2D eigenvalue weighted by Crippen LogP contribution is 2.34. The van der Waals surface area contributed by atoms with E-state index in [0.29, 0.717) is 6.54 Å². The molecule has 0 radical (unpaired) electrons. The Labute approximate surface area is 112 Å². The lowest BCUT2D eigenvalue weighted by Gasteiger charge is -2.36. The number of carbonyl (C=O) groups is 1. The van der Waals surface area contributed by atoms with Crippen molar-refractivity contribution in [1.29, 1.82) is 0 Å². The lowest BCUT2D eigenvalue weighted by atomic mass is 9.74. The largest absolute Gasteiger partial charge is 0.350 e.